The van der Waals surface area contributed by atoms with Gasteiger partial charge in [-0.05, 0) is 73.9 Å². The molecule has 0 saturated heterocycles. The van der Waals surface area contributed by atoms with Crippen LogP contribution < -0.4 is 9.47 Å². The van der Waals surface area contributed by atoms with Crippen LogP contribution in [0.5, 0.6) is 11.5 Å². The monoisotopic (exact) mass is 365 g/mol. The molecule has 0 spiro atoms. The van der Waals surface area contributed by atoms with Gasteiger partial charge >= 0.3 is 0 Å². The van der Waals surface area contributed by atoms with E-state index in [9.17, 15) is 0 Å². The first-order valence-electron chi connectivity index (χ1n) is 10.00. The fourth-order valence-corrected chi connectivity index (χ4v) is 4.03. The molecule has 0 fully saturated rings. The van der Waals surface area contributed by atoms with Crippen LogP contribution in [0.25, 0.3) is 0 Å². The summed E-state index contributed by atoms with van der Waals surface area (Å²) in [5.41, 5.74) is 3.90. The Morgan fingerprint density at radius 3 is 2.04 bits per heavy atom. The lowest BCUT2D eigenvalue weighted by molar-refractivity contribution is 0.403. The first-order chi connectivity index (χ1) is 13.2. The van der Waals surface area contributed by atoms with E-state index in [4.69, 9.17) is 14.5 Å². The van der Waals surface area contributed by atoms with E-state index < -0.39 is 0 Å². The predicted molar refractivity (Wildman–Crippen MR) is 112 cm³/mol. The minimum atomic E-state index is -0.0677. The molecular formula is C24H31NO2. The van der Waals surface area contributed by atoms with E-state index in [1.54, 1.807) is 14.2 Å². The molecule has 0 N–H and O–H groups in total. The minimum absolute atomic E-state index is 0.0677. The molecule has 0 aliphatic carbocycles. The van der Waals surface area contributed by atoms with Gasteiger partial charge in [0, 0.05) is 5.71 Å². The molecule has 1 aliphatic rings. The average Bonchev–Trinajstić information content (AvgIpc) is 3.09. The second kappa shape index (κ2) is 9.07. The van der Waals surface area contributed by atoms with E-state index in [2.05, 4.69) is 43.3 Å². The Bertz CT molecular complexity index is 732. The van der Waals surface area contributed by atoms with Crippen LogP contribution in [-0.2, 0) is 12.8 Å². The molecule has 27 heavy (non-hydrogen) atoms. The van der Waals surface area contributed by atoms with E-state index >= 15 is 0 Å². The quantitative estimate of drug-likeness (QED) is 0.575. The van der Waals surface area contributed by atoms with Crippen molar-refractivity contribution in [1.82, 2.24) is 0 Å². The van der Waals surface area contributed by atoms with Crippen molar-refractivity contribution in [2.45, 2.75) is 57.4 Å². The molecular weight excluding hydrogens is 334 g/mol. The maximum atomic E-state index is 5.42. The summed E-state index contributed by atoms with van der Waals surface area (Å²) >= 11 is 0. The molecule has 0 saturated carbocycles. The Labute approximate surface area is 163 Å². The van der Waals surface area contributed by atoms with E-state index in [0.717, 1.165) is 43.6 Å². The summed E-state index contributed by atoms with van der Waals surface area (Å²) in [6.45, 7) is 2.25. The molecule has 1 heterocycles. The van der Waals surface area contributed by atoms with Crippen molar-refractivity contribution in [1.29, 1.82) is 0 Å². The standard InChI is InChI=1S/C24H31NO2/c1-4-5-10-21-13-14-24(25-21,17-19-8-6-11-22(15-19)26-2)18-20-9-7-12-23(16-20)27-3/h6-9,11-12,15-16H,4-5,10,13-14,17-18H2,1-3H3. The van der Waals surface area contributed by atoms with Crippen LogP contribution >= 0.6 is 0 Å². The SMILES string of the molecule is CCCCC1=NC(Cc2cccc(OC)c2)(Cc2cccc(OC)c2)CC1. The zero-order valence-electron chi connectivity index (χ0n) is 16.8. The van der Waals surface area contributed by atoms with Gasteiger partial charge in [0.15, 0.2) is 0 Å². The predicted octanol–water partition coefficient (Wildman–Crippen LogP) is 5.65. The normalized spacial score (nSPS) is 15.4. The van der Waals surface area contributed by atoms with E-state index in [1.165, 1.54) is 29.7 Å². The summed E-state index contributed by atoms with van der Waals surface area (Å²) in [6.07, 6.45) is 7.70. The van der Waals surface area contributed by atoms with Crippen molar-refractivity contribution in [2.24, 2.45) is 4.99 Å². The third-order valence-corrected chi connectivity index (χ3v) is 5.43. The highest BCUT2D eigenvalue weighted by atomic mass is 16.5. The van der Waals surface area contributed by atoms with Gasteiger partial charge in [-0.2, -0.15) is 0 Å². The maximum Gasteiger partial charge on any atom is 0.119 e. The number of hydrogen-bond donors (Lipinski definition) is 0. The summed E-state index contributed by atoms with van der Waals surface area (Å²) in [5, 5.41) is 0. The van der Waals surface area contributed by atoms with Crippen LogP contribution in [0, 0.1) is 0 Å². The smallest absolute Gasteiger partial charge is 0.119 e. The fourth-order valence-electron chi connectivity index (χ4n) is 4.03. The number of unbranched alkanes of at least 4 members (excludes halogenated alkanes) is 1. The third-order valence-electron chi connectivity index (χ3n) is 5.43. The highest BCUT2D eigenvalue weighted by Gasteiger charge is 2.35. The number of hydrogen-bond acceptors (Lipinski definition) is 3. The minimum Gasteiger partial charge on any atom is -0.497 e. The topological polar surface area (TPSA) is 30.8 Å². The molecule has 0 bridgehead atoms. The summed E-state index contributed by atoms with van der Waals surface area (Å²) in [6, 6.07) is 16.8. The van der Waals surface area contributed by atoms with Gasteiger partial charge in [-0.3, -0.25) is 4.99 Å². The van der Waals surface area contributed by atoms with Gasteiger partial charge in [-0.25, -0.2) is 0 Å². The molecule has 3 nitrogen and oxygen atoms in total. The van der Waals surface area contributed by atoms with Crippen molar-refractivity contribution in [3.63, 3.8) is 0 Å². The lowest BCUT2D eigenvalue weighted by Gasteiger charge is -2.27. The number of benzene rings is 2. The van der Waals surface area contributed by atoms with Gasteiger partial charge in [0.2, 0.25) is 0 Å². The molecule has 0 radical (unpaired) electrons. The Balaban J connectivity index is 1.87. The highest BCUT2D eigenvalue weighted by molar-refractivity contribution is 5.86. The van der Waals surface area contributed by atoms with Crippen LogP contribution in [0.4, 0.5) is 0 Å². The third kappa shape index (κ3) is 5.12. The van der Waals surface area contributed by atoms with Gasteiger partial charge in [0.05, 0.1) is 19.8 Å². The first kappa shape index (κ1) is 19.5. The Kier molecular flexibility index (Phi) is 6.54. The number of methoxy groups -OCH3 is 2. The van der Waals surface area contributed by atoms with E-state index in [1.807, 2.05) is 12.1 Å². The second-order valence-electron chi connectivity index (χ2n) is 7.56. The fraction of sp³-hybridized carbons (Fsp3) is 0.458. The number of aliphatic imine (C=N–C) groups is 1. The van der Waals surface area contributed by atoms with Gasteiger partial charge in [0.1, 0.15) is 11.5 Å². The van der Waals surface area contributed by atoms with Crippen molar-refractivity contribution < 1.29 is 9.47 Å². The van der Waals surface area contributed by atoms with Crippen LogP contribution in [0.3, 0.4) is 0 Å². The zero-order valence-corrected chi connectivity index (χ0v) is 16.8. The van der Waals surface area contributed by atoms with Crippen LogP contribution in [0.15, 0.2) is 53.5 Å². The van der Waals surface area contributed by atoms with Crippen molar-refractivity contribution in [3.05, 3.63) is 59.7 Å². The molecule has 144 valence electrons. The Morgan fingerprint density at radius 1 is 0.926 bits per heavy atom. The molecule has 3 rings (SSSR count). The van der Waals surface area contributed by atoms with Crippen LogP contribution in [-0.4, -0.2) is 25.5 Å². The Hall–Kier alpha value is -2.29. The van der Waals surface area contributed by atoms with Gasteiger partial charge in [-0.1, -0.05) is 37.6 Å². The maximum absolute atomic E-state index is 5.42. The largest absolute Gasteiger partial charge is 0.497 e. The van der Waals surface area contributed by atoms with Crippen LogP contribution in [0.2, 0.25) is 0 Å². The highest BCUT2D eigenvalue weighted by Crippen LogP contribution is 2.35. The average molecular weight is 366 g/mol. The molecule has 2 aromatic rings. The van der Waals surface area contributed by atoms with Gasteiger partial charge in [0.25, 0.3) is 0 Å². The molecule has 0 aromatic heterocycles. The molecule has 2 aromatic carbocycles. The lowest BCUT2D eigenvalue weighted by atomic mass is 9.83. The van der Waals surface area contributed by atoms with Gasteiger partial charge in [-0.15, -0.1) is 0 Å². The van der Waals surface area contributed by atoms with Crippen molar-refractivity contribution >= 4 is 5.71 Å². The number of rotatable bonds is 9. The zero-order chi connectivity index (χ0) is 19.1. The van der Waals surface area contributed by atoms with Crippen molar-refractivity contribution in [3.8, 4) is 11.5 Å². The van der Waals surface area contributed by atoms with E-state index in [-0.39, 0.29) is 5.54 Å². The number of ether oxygens (including phenoxy) is 2. The summed E-state index contributed by atoms with van der Waals surface area (Å²) < 4.78 is 10.8. The van der Waals surface area contributed by atoms with Crippen LogP contribution in [0.1, 0.15) is 50.2 Å². The van der Waals surface area contributed by atoms with Gasteiger partial charge < -0.3 is 9.47 Å². The van der Waals surface area contributed by atoms with E-state index in [0.29, 0.717) is 0 Å². The lowest BCUT2D eigenvalue weighted by Crippen LogP contribution is -2.29. The molecule has 0 amide bonds. The molecule has 3 heteroatoms. The molecule has 1 aliphatic heterocycles. The second-order valence-corrected chi connectivity index (χ2v) is 7.56. The molecule has 0 unspecified atom stereocenters. The summed E-state index contributed by atoms with van der Waals surface area (Å²) in [7, 11) is 3.45. The molecule has 0 atom stereocenters. The summed E-state index contributed by atoms with van der Waals surface area (Å²) in [4.78, 5) is 5.29. The first-order valence-corrected chi connectivity index (χ1v) is 10.00. The van der Waals surface area contributed by atoms with Crippen molar-refractivity contribution in [2.75, 3.05) is 14.2 Å². The Morgan fingerprint density at radius 2 is 1.52 bits per heavy atom. The number of nitrogens with zero attached hydrogens (tertiary/aromatic N) is 1. The summed E-state index contributed by atoms with van der Waals surface area (Å²) in [5.74, 6) is 1.83.